The van der Waals surface area contributed by atoms with Crippen LogP contribution in [0.25, 0.3) is 0 Å². The topological polar surface area (TPSA) is 107 Å². The number of nitro groups is 1. The molecule has 9 nitrogen and oxygen atoms in total. The van der Waals surface area contributed by atoms with Gasteiger partial charge in [0.15, 0.2) is 11.5 Å². The molecule has 0 bridgehead atoms. The quantitative estimate of drug-likeness (QED) is 0.523. The van der Waals surface area contributed by atoms with Crippen molar-refractivity contribution < 1.29 is 19.2 Å². The SMILES string of the molecule is COc1cc(C(=O)NCC2CCN(Cc3ccccn3)CC2)c([N+](=O)[O-])cc1OC. The fourth-order valence-electron chi connectivity index (χ4n) is 3.60. The van der Waals surface area contributed by atoms with Crippen molar-refractivity contribution in [2.75, 3.05) is 33.9 Å². The fourth-order valence-corrected chi connectivity index (χ4v) is 3.60. The van der Waals surface area contributed by atoms with Crippen LogP contribution in [0.4, 0.5) is 5.69 Å². The molecule has 1 aromatic heterocycles. The third-order valence-corrected chi connectivity index (χ3v) is 5.31. The van der Waals surface area contributed by atoms with Gasteiger partial charge in [0, 0.05) is 25.4 Å². The average molecular weight is 414 g/mol. The number of carbonyl (C=O) groups excluding carboxylic acids is 1. The third kappa shape index (κ3) is 5.24. The molecule has 0 saturated carbocycles. The van der Waals surface area contributed by atoms with Crippen molar-refractivity contribution in [2.45, 2.75) is 19.4 Å². The van der Waals surface area contributed by atoms with Crippen molar-refractivity contribution in [3.63, 3.8) is 0 Å². The molecule has 1 fully saturated rings. The Morgan fingerprint density at radius 2 is 1.93 bits per heavy atom. The van der Waals surface area contributed by atoms with Crippen LogP contribution in [0.2, 0.25) is 0 Å². The summed E-state index contributed by atoms with van der Waals surface area (Å²) in [6, 6.07) is 8.47. The van der Waals surface area contributed by atoms with Gasteiger partial charge in [-0.3, -0.25) is 24.8 Å². The summed E-state index contributed by atoms with van der Waals surface area (Å²) in [6.45, 7) is 3.14. The Kier molecular flexibility index (Phi) is 7.18. The summed E-state index contributed by atoms with van der Waals surface area (Å²) < 4.78 is 10.3. The van der Waals surface area contributed by atoms with E-state index in [1.165, 1.54) is 26.4 Å². The van der Waals surface area contributed by atoms with Crippen LogP contribution < -0.4 is 14.8 Å². The summed E-state index contributed by atoms with van der Waals surface area (Å²) in [5.74, 6) is 0.323. The highest BCUT2D eigenvalue weighted by Gasteiger charge is 2.26. The van der Waals surface area contributed by atoms with Gasteiger partial charge >= 0.3 is 0 Å². The maximum atomic E-state index is 12.7. The summed E-state index contributed by atoms with van der Waals surface area (Å²) in [5.41, 5.74) is 0.700. The molecule has 0 spiro atoms. The van der Waals surface area contributed by atoms with E-state index in [9.17, 15) is 14.9 Å². The zero-order chi connectivity index (χ0) is 21.5. The lowest BCUT2D eigenvalue weighted by Gasteiger charge is -2.31. The van der Waals surface area contributed by atoms with E-state index in [4.69, 9.17) is 9.47 Å². The van der Waals surface area contributed by atoms with Crippen LogP contribution in [0.5, 0.6) is 11.5 Å². The van der Waals surface area contributed by atoms with Crippen LogP contribution in [0.3, 0.4) is 0 Å². The molecule has 1 amide bonds. The van der Waals surface area contributed by atoms with Gasteiger partial charge in [-0.1, -0.05) is 6.07 Å². The number of nitrogens with zero attached hydrogens (tertiary/aromatic N) is 3. The summed E-state index contributed by atoms with van der Waals surface area (Å²) in [5, 5.41) is 14.3. The first-order chi connectivity index (χ1) is 14.5. The molecule has 1 saturated heterocycles. The Morgan fingerprint density at radius 1 is 1.23 bits per heavy atom. The van der Waals surface area contributed by atoms with Gasteiger partial charge in [0.25, 0.3) is 11.6 Å². The van der Waals surface area contributed by atoms with Crippen molar-refractivity contribution in [3.05, 3.63) is 57.9 Å². The predicted molar refractivity (Wildman–Crippen MR) is 111 cm³/mol. The minimum absolute atomic E-state index is 0.0368. The van der Waals surface area contributed by atoms with Crippen molar-refractivity contribution in [3.8, 4) is 11.5 Å². The molecular formula is C21H26N4O5. The van der Waals surface area contributed by atoms with Crippen molar-refractivity contribution in [1.82, 2.24) is 15.2 Å². The highest BCUT2D eigenvalue weighted by molar-refractivity contribution is 5.99. The van der Waals surface area contributed by atoms with Gasteiger partial charge in [-0.05, 0) is 44.0 Å². The predicted octanol–water partition coefficient (Wildman–Crippen LogP) is 2.65. The van der Waals surface area contributed by atoms with Crippen LogP contribution in [-0.4, -0.2) is 54.6 Å². The lowest BCUT2D eigenvalue weighted by Crippen LogP contribution is -2.38. The number of likely N-dealkylation sites (tertiary alicyclic amines) is 1. The number of hydrogen-bond donors (Lipinski definition) is 1. The number of rotatable bonds is 8. The Labute approximate surface area is 175 Å². The summed E-state index contributed by atoms with van der Waals surface area (Å²) in [7, 11) is 2.81. The van der Waals surface area contributed by atoms with E-state index >= 15 is 0 Å². The molecule has 1 aliphatic rings. The number of carbonyl (C=O) groups is 1. The first kappa shape index (κ1) is 21.5. The lowest BCUT2D eigenvalue weighted by molar-refractivity contribution is -0.385. The largest absolute Gasteiger partial charge is 0.493 e. The number of hydrogen-bond acceptors (Lipinski definition) is 7. The smallest absolute Gasteiger partial charge is 0.286 e. The van der Waals surface area contributed by atoms with Crippen LogP contribution in [0.1, 0.15) is 28.9 Å². The Hall–Kier alpha value is -3.20. The van der Waals surface area contributed by atoms with Crippen LogP contribution in [0, 0.1) is 16.0 Å². The maximum absolute atomic E-state index is 12.7. The standard InChI is InChI=1S/C21H26N4O5/c1-29-19-11-17(18(25(27)28)12-20(19)30-2)21(26)23-13-15-6-9-24(10-7-15)14-16-5-3-4-8-22-16/h3-5,8,11-12,15H,6-7,9-10,13-14H2,1-2H3,(H,23,26). The number of ether oxygens (including phenoxy) is 2. The number of pyridine rings is 1. The molecule has 1 aromatic carbocycles. The number of piperidine rings is 1. The second-order valence-corrected chi connectivity index (χ2v) is 7.23. The summed E-state index contributed by atoms with van der Waals surface area (Å²) in [6.07, 6.45) is 3.69. The second kappa shape index (κ2) is 10.0. The van der Waals surface area contributed by atoms with E-state index in [0.29, 0.717) is 12.5 Å². The van der Waals surface area contributed by atoms with Gasteiger partial charge < -0.3 is 14.8 Å². The summed E-state index contributed by atoms with van der Waals surface area (Å²) >= 11 is 0. The van der Waals surface area contributed by atoms with Gasteiger partial charge in [-0.25, -0.2) is 0 Å². The van der Waals surface area contributed by atoms with Crippen molar-refractivity contribution in [2.24, 2.45) is 5.92 Å². The van der Waals surface area contributed by atoms with Gasteiger partial charge in [0.1, 0.15) is 5.56 Å². The number of methoxy groups -OCH3 is 2. The highest BCUT2D eigenvalue weighted by atomic mass is 16.6. The van der Waals surface area contributed by atoms with Gasteiger partial charge in [0.2, 0.25) is 0 Å². The molecule has 9 heteroatoms. The fraction of sp³-hybridized carbons (Fsp3) is 0.429. The van der Waals surface area contributed by atoms with E-state index < -0.39 is 10.8 Å². The molecular weight excluding hydrogens is 388 g/mol. The number of aromatic nitrogens is 1. The normalized spacial score (nSPS) is 14.9. The first-order valence-corrected chi connectivity index (χ1v) is 9.82. The first-order valence-electron chi connectivity index (χ1n) is 9.82. The molecule has 3 rings (SSSR count). The molecule has 1 N–H and O–H groups in total. The molecule has 0 unspecified atom stereocenters. The van der Waals surface area contributed by atoms with Crippen LogP contribution in [-0.2, 0) is 6.54 Å². The monoisotopic (exact) mass is 414 g/mol. The summed E-state index contributed by atoms with van der Waals surface area (Å²) in [4.78, 5) is 30.2. The van der Waals surface area contributed by atoms with E-state index in [0.717, 1.165) is 38.2 Å². The van der Waals surface area contributed by atoms with Crippen molar-refractivity contribution >= 4 is 11.6 Å². The van der Waals surface area contributed by atoms with Crippen LogP contribution in [0.15, 0.2) is 36.5 Å². The third-order valence-electron chi connectivity index (χ3n) is 5.31. The minimum Gasteiger partial charge on any atom is -0.493 e. The molecule has 160 valence electrons. The minimum atomic E-state index is -0.590. The van der Waals surface area contributed by atoms with Crippen LogP contribution >= 0.6 is 0 Å². The molecule has 2 aromatic rings. The lowest BCUT2D eigenvalue weighted by atomic mass is 9.96. The Morgan fingerprint density at radius 3 is 2.53 bits per heavy atom. The van der Waals surface area contributed by atoms with E-state index in [1.54, 1.807) is 6.20 Å². The van der Waals surface area contributed by atoms with Gasteiger partial charge in [-0.15, -0.1) is 0 Å². The number of benzene rings is 1. The molecule has 0 radical (unpaired) electrons. The van der Waals surface area contributed by atoms with E-state index in [-0.39, 0.29) is 22.7 Å². The maximum Gasteiger partial charge on any atom is 0.286 e. The second-order valence-electron chi connectivity index (χ2n) is 7.23. The molecule has 0 aliphatic carbocycles. The molecule has 0 atom stereocenters. The Balaban J connectivity index is 1.56. The zero-order valence-corrected chi connectivity index (χ0v) is 17.2. The molecule has 30 heavy (non-hydrogen) atoms. The van der Waals surface area contributed by atoms with Gasteiger partial charge in [0.05, 0.1) is 30.9 Å². The Bertz CT molecular complexity index is 882. The van der Waals surface area contributed by atoms with Crippen molar-refractivity contribution in [1.29, 1.82) is 0 Å². The number of nitro benzene ring substituents is 1. The number of nitrogens with one attached hydrogen (secondary N) is 1. The molecule has 2 heterocycles. The average Bonchev–Trinajstić information content (AvgIpc) is 2.78. The number of amides is 1. The van der Waals surface area contributed by atoms with E-state index in [1.807, 2.05) is 18.2 Å². The van der Waals surface area contributed by atoms with Gasteiger partial charge in [-0.2, -0.15) is 0 Å². The molecule has 1 aliphatic heterocycles. The zero-order valence-electron chi connectivity index (χ0n) is 17.2. The van der Waals surface area contributed by atoms with E-state index in [2.05, 4.69) is 15.2 Å². The highest BCUT2D eigenvalue weighted by Crippen LogP contribution is 2.34.